The summed E-state index contributed by atoms with van der Waals surface area (Å²) in [4.78, 5) is 12.1. The van der Waals surface area contributed by atoms with E-state index in [2.05, 4.69) is 0 Å². The van der Waals surface area contributed by atoms with E-state index in [1.165, 1.54) is 6.73 Å². The maximum atomic E-state index is 10.6. The largest absolute Gasteiger partial charge is 0.525 e. The van der Waals surface area contributed by atoms with Gasteiger partial charge in [-0.1, -0.05) is 0 Å². The lowest BCUT2D eigenvalue weighted by Gasteiger charge is -2.19. The lowest BCUT2D eigenvalue weighted by molar-refractivity contribution is -0.126. The lowest BCUT2D eigenvalue weighted by atomic mass is 10.6. The molecule has 0 unspecified atom stereocenters. The fourth-order valence-corrected chi connectivity index (χ4v) is 0.591. The Morgan fingerprint density at radius 1 is 2.00 bits per heavy atom. The van der Waals surface area contributed by atoms with E-state index in [1.54, 1.807) is 4.90 Å². The highest BCUT2D eigenvalue weighted by Gasteiger charge is 2.07. The summed E-state index contributed by atoms with van der Waals surface area (Å²) < 4.78 is 4.71. The van der Waals surface area contributed by atoms with Crippen LogP contribution in [0, 0.1) is 6.73 Å². The van der Waals surface area contributed by atoms with Crippen LogP contribution in [0.15, 0.2) is 0 Å². The number of hydrogen-bond acceptors (Lipinski definition) is 2. The Balaban J connectivity index is 2.42. The van der Waals surface area contributed by atoms with Gasteiger partial charge in [0.2, 0.25) is 5.91 Å². The summed E-state index contributed by atoms with van der Waals surface area (Å²) >= 11 is 0. The van der Waals surface area contributed by atoms with Crippen molar-refractivity contribution in [1.29, 1.82) is 0 Å². The molecule has 0 atom stereocenters. The molecule has 1 rings (SSSR count). The zero-order valence-electron chi connectivity index (χ0n) is 4.76. The molecule has 1 amide bonds. The van der Waals surface area contributed by atoms with Crippen LogP contribution in [0.1, 0.15) is 6.92 Å². The zero-order valence-corrected chi connectivity index (χ0v) is 4.76. The van der Waals surface area contributed by atoms with E-state index in [4.69, 9.17) is 4.74 Å². The predicted molar refractivity (Wildman–Crippen MR) is 27.6 cm³/mol. The van der Waals surface area contributed by atoms with E-state index in [1.807, 2.05) is 6.92 Å². The van der Waals surface area contributed by atoms with Crippen molar-refractivity contribution in [3.8, 4) is 0 Å². The molecular formula is C5H8NO2-. The number of ether oxygens (including phenoxy) is 1. The molecule has 0 bridgehead atoms. The molecule has 3 heteroatoms. The Bertz CT molecular complexity index is 103. The highest BCUT2D eigenvalue weighted by molar-refractivity contribution is 5.79. The number of nitrogens with zero attached hydrogens (tertiary/aromatic N) is 1. The molecule has 8 heavy (non-hydrogen) atoms. The van der Waals surface area contributed by atoms with E-state index in [0.29, 0.717) is 6.54 Å². The van der Waals surface area contributed by atoms with Crippen LogP contribution in [-0.4, -0.2) is 24.0 Å². The maximum Gasteiger partial charge on any atom is 0.218 e. The minimum Gasteiger partial charge on any atom is -0.525 e. The van der Waals surface area contributed by atoms with E-state index in [-0.39, 0.29) is 12.5 Å². The fraction of sp³-hybridized carbons (Fsp3) is 0.600. The Morgan fingerprint density at radius 3 is 3.00 bits per heavy atom. The minimum absolute atomic E-state index is 0.0486. The van der Waals surface area contributed by atoms with Crippen molar-refractivity contribution < 1.29 is 9.53 Å². The van der Waals surface area contributed by atoms with Gasteiger partial charge in [-0.25, -0.2) is 0 Å². The van der Waals surface area contributed by atoms with Crippen LogP contribution in [0.4, 0.5) is 0 Å². The van der Waals surface area contributed by atoms with Gasteiger partial charge in [0.15, 0.2) is 0 Å². The van der Waals surface area contributed by atoms with Gasteiger partial charge in [-0.2, -0.15) is 0 Å². The molecule has 0 aliphatic carbocycles. The topological polar surface area (TPSA) is 29.5 Å². The number of amides is 1. The molecule has 0 aromatic heterocycles. The second kappa shape index (κ2) is 2.13. The van der Waals surface area contributed by atoms with Gasteiger partial charge >= 0.3 is 0 Å². The highest BCUT2D eigenvalue weighted by Crippen LogP contribution is 2.03. The molecule has 0 aromatic carbocycles. The van der Waals surface area contributed by atoms with Gasteiger partial charge in [-0.3, -0.25) is 4.79 Å². The molecule has 1 heterocycles. The van der Waals surface area contributed by atoms with Gasteiger partial charge in [0, 0.05) is 0 Å². The van der Waals surface area contributed by atoms with Crippen LogP contribution in [0.2, 0.25) is 0 Å². The molecule has 0 saturated carbocycles. The van der Waals surface area contributed by atoms with Crippen LogP contribution in [0.25, 0.3) is 0 Å². The van der Waals surface area contributed by atoms with E-state index in [9.17, 15) is 4.79 Å². The molecule has 3 nitrogen and oxygen atoms in total. The zero-order chi connectivity index (χ0) is 5.98. The van der Waals surface area contributed by atoms with Crippen molar-refractivity contribution in [3.05, 3.63) is 6.73 Å². The summed E-state index contributed by atoms with van der Waals surface area (Å²) in [5.41, 5.74) is 0. The lowest BCUT2D eigenvalue weighted by Crippen LogP contribution is -2.22. The standard InChI is InChI=1S/C5H8NO2/c1-2-6-4-8-3-5(6)7/h4H,2-3H2,1H3/q-1. The summed E-state index contributed by atoms with van der Waals surface area (Å²) in [7, 11) is 0. The first kappa shape index (κ1) is 5.56. The van der Waals surface area contributed by atoms with Crippen LogP contribution in [0.3, 0.4) is 0 Å². The quantitative estimate of drug-likeness (QED) is 0.448. The third kappa shape index (κ3) is 0.816. The van der Waals surface area contributed by atoms with Crippen molar-refractivity contribution in [2.24, 2.45) is 0 Å². The third-order valence-electron chi connectivity index (χ3n) is 1.07. The van der Waals surface area contributed by atoms with Crippen molar-refractivity contribution in [2.45, 2.75) is 6.92 Å². The van der Waals surface area contributed by atoms with Crippen molar-refractivity contribution >= 4 is 5.91 Å². The molecular weight excluding hydrogens is 106 g/mol. The summed E-state index contributed by atoms with van der Waals surface area (Å²) in [6.45, 7) is 4.29. The van der Waals surface area contributed by atoms with Gasteiger partial charge in [0.25, 0.3) is 0 Å². The molecule has 0 radical (unpaired) electrons. The number of carbonyl (C=O) groups is 1. The first-order valence-electron chi connectivity index (χ1n) is 2.59. The Kier molecular flexibility index (Phi) is 1.48. The number of rotatable bonds is 1. The average Bonchev–Trinajstić information content (AvgIpc) is 2.14. The van der Waals surface area contributed by atoms with Gasteiger partial charge < -0.3 is 9.64 Å². The number of carbonyl (C=O) groups excluding carboxylic acids is 1. The monoisotopic (exact) mass is 114 g/mol. The Labute approximate surface area is 48.2 Å². The van der Waals surface area contributed by atoms with Gasteiger partial charge in [0.1, 0.15) is 0 Å². The third-order valence-corrected chi connectivity index (χ3v) is 1.07. The summed E-state index contributed by atoms with van der Waals surface area (Å²) in [5.74, 6) is 0.0486. The fourth-order valence-electron chi connectivity index (χ4n) is 0.591. The van der Waals surface area contributed by atoms with Gasteiger partial charge in [-0.05, 0) is 13.5 Å². The molecule has 1 aliphatic heterocycles. The van der Waals surface area contributed by atoms with E-state index >= 15 is 0 Å². The Morgan fingerprint density at radius 2 is 2.75 bits per heavy atom. The van der Waals surface area contributed by atoms with Crippen molar-refractivity contribution in [3.63, 3.8) is 0 Å². The van der Waals surface area contributed by atoms with E-state index < -0.39 is 0 Å². The molecule has 46 valence electrons. The Hall–Kier alpha value is -0.570. The highest BCUT2D eigenvalue weighted by atomic mass is 16.5. The number of likely N-dealkylation sites (N-methyl/N-ethyl adjacent to an activating group) is 1. The minimum atomic E-state index is 0.0486. The molecule has 0 N–H and O–H groups in total. The maximum absolute atomic E-state index is 10.6. The van der Waals surface area contributed by atoms with Crippen molar-refractivity contribution in [2.75, 3.05) is 13.2 Å². The van der Waals surface area contributed by atoms with Crippen LogP contribution in [0.5, 0.6) is 0 Å². The second-order valence-electron chi connectivity index (χ2n) is 1.60. The molecule has 0 spiro atoms. The van der Waals surface area contributed by atoms with Crippen LogP contribution in [-0.2, 0) is 9.53 Å². The van der Waals surface area contributed by atoms with Gasteiger partial charge in [-0.15, -0.1) is 6.73 Å². The van der Waals surface area contributed by atoms with Gasteiger partial charge in [0.05, 0.1) is 6.61 Å². The predicted octanol–water partition coefficient (Wildman–Crippen LogP) is -0.0156. The smallest absolute Gasteiger partial charge is 0.218 e. The first-order valence-corrected chi connectivity index (χ1v) is 2.59. The normalized spacial score (nSPS) is 20.1. The SMILES string of the molecule is CCN1[CH-]OCC1=O. The molecule has 1 fully saturated rings. The first-order chi connectivity index (χ1) is 3.84. The molecule has 0 aromatic rings. The number of hydrogen-bond donors (Lipinski definition) is 0. The summed E-state index contributed by atoms with van der Waals surface area (Å²) in [6, 6.07) is 0. The summed E-state index contributed by atoms with van der Waals surface area (Å²) in [5, 5.41) is 0. The molecule has 1 aliphatic rings. The average molecular weight is 114 g/mol. The van der Waals surface area contributed by atoms with Crippen LogP contribution < -0.4 is 0 Å². The van der Waals surface area contributed by atoms with Crippen LogP contribution >= 0.6 is 0 Å². The van der Waals surface area contributed by atoms with E-state index in [0.717, 1.165) is 0 Å². The molecule has 1 saturated heterocycles. The second-order valence-corrected chi connectivity index (χ2v) is 1.60. The summed E-state index contributed by atoms with van der Waals surface area (Å²) in [6.07, 6.45) is 0. The van der Waals surface area contributed by atoms with Crippen molar-refractivity contribution in [1.82, 2.24) is 4.90 Å².